The molecule has 3 aromatic carbocycles. The van der Waals surface area contributed by atoms with Crippen molar-refractivity contribution >= 4 is 28.7 Å². The molecule has 0 aliphatic carbocycles. The minimum atomic E-state index is -0.318. The van der Waals surface area contributed by atoms with Crippen LogP contribution in [0, 0.1) is 19.8 Å². The van der Waals surface area contributed by atoms with Gasteiger partial charge in [0.05, 0.1) is 11.3 Å². The van der Waals surface area contributed by atoms with Gasteiger partial charge in [-0.15, -0.1) is 0 Å². The van der Waals surface area contributed by atoms with Crippen molar-refractivity contribution in [3.8, 4) is 5.75 Å². The number of rotatable bonds is 6. The highest BCUT2D eigenvalue weighted by molar-refractivity contribution is 5.86. The number of hydrogen-bond acceptors (Lipinski definition) is 3. The van der Waals surface area contributed by atoms with Crippen molar-refractivity contribution in [2.45, 2.75) is 20.3 Å². The number of hydrogen-bond donors (Lipinski definition) is 1. The number of fused-ring (bicyclic) bond motifs is 2. The summed E-state index contributed by atoms with van der Waals surface area (Å²) in [5.74, 6) is -0.0323. The Morgan fingerprint density at radius 3 is 2.70 bits per heavy atom. The van der Waals surface area contributed by atoms with Gasteiger partial charge in [-0.1, -0.05) is 48.5 Å². The molecule has 1 atom stereocenters. The van der Waals surface area contributed by atoms with Crippen LogP contribution in [-0.2, 0) is 9.59 Å². The van der Waals surface area contributed by atoms with E-state index in [0.717, 1.165) is 32.5 Å². The lowest BCUT2D eigenvalue weighted by Gasteiger charge is -2.14. The number of carbonyl (C=O) groups excluding carboxylic acids is 2. The molecule has 1 aliphatic rings. The van der Waals surface area contributed by atoms with Crippen LogP contribution in [0.25, 0.3) is 16.8 Å². The molecule has 5 nitrogen and oxygen atoms in total. The zero-order valence-corrected chi connectivity index (χ0v) is 17.1. The van der Waals surface area contributed by atoms with Crippen LogP contribution in [0.5, 0.6) is 5.75 Å². The van der Waals surface area contributed by atoms with Gasteiger partial charge < -0.3 is 10.1 Å². The minimum Gasteiger partial charge on any atom is -0.484 e. The van der Waals surface area contributed by atoms with E-state index in [0.29, 0.717) is 18.7 Å². The second kappa shape index (κ2) is 8.49. The largest absolute Gasteiger partial charge is 0.484 e. The Bertz CT molecular complexity index is 1250. The molecule has 0 saturated heterocycles. The van der Waals surface area contributed by atoms with Gasteiger partial charge in [0.1, 0.15) is 5.75 Å². The summed E-state index contributed by atoms with van der Waals surface area (Å²) in [6, 6.07) is 17.8. The SMILES string of the molecule is Cc1ccc2c(c1C)=NC(=O)C(CCNC(=O)COc1ccc3ccccc3c1)C=2. The summed E-state index contributed by atoms with van der Waals surface area (Å²) < 4.78 is 5.61. The monoisotopic (exact) mass is 400 g/mol. The number of amides is 2. The van der Waals surface area contributed by atoms with Crippen molar-refractivity contribution in [2.24, 2.45) is 10.9 Å². The predicted octanol–water partition coefficient (Wildman–Crippen LogP) is 2.60. The van der Waals surface area contributed by atoms with Gasteiger partial charge in [0, 0.05) is 6.54 Å². The van der Waals surface area contributed by atoms with E-state index in [2.05, 4.69) is 10.3 Å². The van der Waals surface area contributed by atoms with Gasteiger partial charge in [0.15, 0.2) is 6.61 Å². The lowest BCUT2D eigenvalue weighted by molar-refractivity contribution is -0.124. The first-order valence-electron chi connectivity index (χ1n) is 10.1. The Labute approximate surface area is 175 Å². The lowest BCUT2D eigenvalue weighted by Crippen LogP contribution is -2.37. The summed E-state index contributed by atoms with van der Waals surface area (Å²) in [6.45, 7) is 4.32. The number of nitrogens with one attached hydrogen (secondary N) is 1. The maximum absolute atomic E-state index is 12.4. The highest BCUT2D eigenvalue weighted by Crippen LogP contribution is 2.20. The van der Waals surface area contributed by atoms with Gasteiger partial charge in [0.25, 0.3) is 11.8 Å². The molecule has 30 heavy (non-hydrogen) atoms. The van der Waals surface area contributed by atoms with Crippen LogP contribution >= 0.6 is 0 Å². The van der Waals surface area contributed by atoms with Crippen LogP contribution in [0.15, 0.2) is 59.6 Å². The summed E-state index contributed by atoms with van der Waals surface area (Å²) in [5, 5.41) is 6.76. The highest BCUT2D eigenvalue weighted by atomic mass is 16.5. The van der Waals surface area contributed by atoms with Crippen LogP contribution in [-0.4, -0.2) is 25.0 Å². The summed E-state index contributed by atoms with van der Waals surface area (Å²) in [4.78, 5) is 28.8. The van der Waals surface area contributed by atoms with Crippen LogP contribution in [0.1, 0.15) is 17.5 Å². The molecule has 1 heterocycles. The maximum atomic E-state index is 12.4. The molecule has 0 aromatic heterocycles. The van der Waals surface area contributed by atoms with Gasteiger partial charge in [-0.2, -0.15) is 0 Å². The standard InChI is InChI=1S/C25H24N2O3/c1-16-7-8-20-13-21(25(29)27-24(20)17(16)2)11-12-26-23(28)15-30-22-10-9-18-5-3-4-6-19(18)14-22/h3-10,13-14,21H,11-12,15H2,1-2H3,(H,26,28). The first kappa shape index (κ1) is 19.8. The third kappa shape index (κ3) is 4.25. The Morgan fingerprint density at radius 1 is 1.07 bits per heavy atom. The second-order valence-corrected chi connectivity index (χ2v) is 7.60. The number of benzene rings is 3. The van der Waals surface area contributed by atoms with Crippen molar-refractivity contribution in [1.82, 2.24) is 5.32 Å². The van der Waals surface area contributed by atoms with Crippen LogP contribution in [0.4, 0.5) is 0 Å². The summed E-state index contributed by atoms with van der Waals surface area (Å²) >= 11 is 0. The molecule has 1 aliphatic heterocycles. The molecule has 1 N–H and O–H groups in total. The Morgan fingerprint density at radius 2 is 1.87 bits per heavy atom. The van der Waals surface area contributed by atoms with E-state index < -0.39 is 0 Å². The van der Waals surface area contributed by atoms with Gasteiger partial charge in [-0.05, 0) is 59.5 Å². The molecule has 0 fully saturated rings. The fourth-order valence-corrected chi connectivity index (χ4v) is 3.62. The minimum absolute atomic E-state index is 0.0631. The van der Waals surface area contributed by atoms with Crippen molar-refractivity contribution in [3.63, 3.8) is 0 Å². The average molecular weight is 400 g/mol. The Balaban J connectivity index is 1.30. The van der Waals surface area contributed by atoms with E-state index in [1.54, 1.807) is 0 Å². The van der Waals surface area contributed by atoms with Crippen LogP contribution in [0.3, 0.4) is 0 Å². The normalized spacial score (nSPS) is 15.1. The molecule has 0 radical (unpaired) electrons. The van der Waals surface area contributed by atoms with Crippen LogP contribution < -0.4 is 20.6 Å². The molecule has 2 amide bonds. The van der Waals surface area contributed by atoms with Crippen molar-refractivity contribution < 1.29 is 14.3 Å². The van der Waals surface area contributed by atoms with E-state index in [-0.39, 0.29) is 24.3 Å². The van der Waals surface area contributed by atoms with E-state index >= 15 is 0 Å². The molecule has 0 saturated carbocycles. The number of aryl methyl sites for hydroxylation is 1. The highest BCUT2D eigenvalue weighted by Gasteiger charge is 2.19. The average Bonchev–Trinajstić information content (AvgIpc) is 2.76. The number of carbonyl (C=O) groups is 2. The number of ether oxygens (including phenoxy) is 1. The summed E-state index contributed by atoms with van der Waals surface area (Å²) in [6.07, 6.45) is 2.46. The van der Waals surface area contributed by atoms with Gasteiger partial charge >= 0.3 is 0 Å². The molecule has 3 aromatic rings. The smallest absolute Gasteiger partial charge is 0.257 e. The molecule has 5 heteroatoms. The topological polar surface area (TPSA) is 67.8 Å². The van der Waals surface area contributed by atoms with Gasteiger partial charge in [-0.25, -0.2) is 4.99 Å². The fourth-order valence-electron chi connectivity index (χ4n) is 3.62. The first-order valence-corrected chi connectivity index (χ1v) is 10.1. The third-order valence-corrected chi connectivity index (χ3v) is 5.52. The predicted molar refractivity (Wildman–Crippen MR) is 117 cm³/mol. The molecular weight excluding hydrogens is 376 g/mol. The lowest BCUT2D eigenvalue weighted by atomic mass is 9.98. The zero-order chi connectivity index (χ0) is 21.1. The molecule has 1 unspecified atom stereocenters. The van der Waals surface area contributed by atoms with Crippen LogP contribution in [0.2, 0.25) is 0 Å². The maximum Gasteiger partial charge on any atom is 0.257 e. The third-order valence-electron chi connectivity index (χ3n) is 5.52. The molecular formula is C25H24N2O3. The van der Waals surface area contributed by atoms with Gasteiger partial charge in [0.2, 0.25) is 0 Å². The molecule has 4 rings (SSSR count). The van der Waals surface area contributed by atoms with Gasteiger partial charge in [-0.3, -0.25) is 9.59 Å². The Hall–Kier alpha value is -3.47. The van der Waals surface area contributed by atoms with Crippen molar-refractivity contribution in [3.05, 3.63) is 76.3 Å². The van der Waals surface area contributed by atoms with E-state index in [1.165, 1.54) is 0 Å². The fraction of sp³-hybridized carbons (Fsp3) is 0.240. The summed E-state index contributed by atoms with van der Waals surface area (Å²) in [7, 11) is 0. The van der Waals surface area contributed by atoms with E-state index in [4.69, 9.17) is 4.74 Å². The van der Waals surface area contributed by atoms with E-state index in [1.807, 2.05) is 74.5 Å². The van der Waals surface area contributed by atoms with Crippen molar-refractivity contribution in [1.29, 1.82) is 0 Å². The number of nitrogens with zero attached hydrogens (tertiary/aromatic N) is 1. The first-order chi connectivity index (χ1) is 14.5. The quantitative estimate of drug-likeness (QED) is 0.692. The Kier molecular flexibility index (Phi) is 5.61. The van der Waals surface area contributed by atoms with Crippen molar-refractivity contribution in [2.75, 3.05) is 13.2 Å². The second-order valence-electron chi connectivity index (χ2n) is 7.60. The molecule has 0 spiro atoms. The summed E-state index contributed by atoms with van der Waals surface area (Å²) in [5.41, 5.74) is 2.16. The van der Waals surface area contributed by atoms with E-state index in [9.17, 15) is 9.59 Å². The molecule has 152 valence electrons. The molecule has 0 bridgehead atoms. The zero-order valence-electron chi connectivity index (χ0n) is 17.1.